The lowest BCUT2D eigenvalue weighted by Gasteiger charge is -2.16. The van der Waals surface area contributed by atoms with Crippen LogP contribution in [-0.4, -0.2) is 27.6 Å². The van der Waals surface area contributed by atoms with E-state index in [2.05, 4.69) is 5.10 Å². The highest BCUT2D eigenvalue weighted by molar-refractivity contribution is 7.09. The van der Waals surface area contributed by atoms with Gasteiger partial charge in [0.1, 0.15) is 0 Å². The molecule has 0 unspecified atom stereocenters. The van der Waals surface area contributed by atoms with Crippen molar-refractivity contribution in [2.75, 3.05) is 7.05 Å². The maximum Gasteiger partial charge on any atom is 0.257 e. The molecule has 3 aromatic rings. The molecule has 0 aliphatic rings. The van der Waals surface area contributed by atoms with Crippen LogP contribution in [0.1, 0.15) is 27.9 Å². The SMILES string of the molecule is CCc1c(C(=O)N(C)Cc2cccs2)cnn1-c1cccc(Cl)c1. The zero-order chi connectivity index (χ0) is 17.1. The van der Waals surface area contributed by atoms with Crippen molar-refractivity contribution in [1.29, 1.82) is 0 Å². The van der Waals surface area contributed by atoms with E-state index >= 15 is 0 Å². The molecule has 0 radical (unpaired) electrons. The third-order valence-electron chi connectivity index (χ3n) is 3.81. The van der Waals surface area contributed by atoms with Gasteiger partial charge in [-0.05, 0) is 36.1 Å². The predicted octanol–water partition coefficient (Wildman–Crippen LogP) is 4.42. The zero-order valence-corrected chi connectivity index (χ0v) is 15.1. The molecule has 2 aromatic heterocycles. The number of carbonyl (C=O) groups is 1. The number of hydrogen-bond donors (Lipinski definition) is 0. The largest absolute Gasteiger partial charge is 0.336 e. The minimum Gasteiger partial charge on any atom is -0.336 e. The van der Waals surface area contributed by atoms with E-state index in [9.17, 15) is 4.79 Å². The lowest BCUT2D eigenvalue weighted by Crippen LogP contribution is -2.26. The van der Waals surface area contributed by atoms with Crippen molar-refractivity contribution in [2.24, 2.45) is 0 Å². The van der Waals surface area contributed by atoms with Crippen molar-refractivity contribution < 1.29 is 4.79 Å². The Morgan fingerprint density at radius 1 is 1.33 bits per heavy atom. The summed E-state index contributed by atoms with van der Waals surface area (Å²) in [5.74, 6) is -0.0199. The number of aromatic nitrogens is 2. The second kappa shape index (κ2) is 7.20. The van der Waals surface area contributed by atoms with Crippen LogP contribution in [0.2, 0.25) is 5.02 Å². The summed E-state index contributed by atoms with van der Waals surface area (Å²) in [5, 5.41) is 7.07. The molecule has 6 heteroatoms. The fourth-order valence-corrected chi connectivity index (χ4v) is 3.58. The van der Waals surface area contributed by atoms with Crippen LogP contribution in [0, 0.1) is 0 Å². The molecule has 24 heavy (non-hydrogen) atoms. The molecule has 0 fully saturated rings. The summed E-state index contributed by atoms with van der Waals surface area (Å²) in [5.41, 5.74) is 2.39. The highest BCUT2D eigenvalue weighted by Gasteiger charge is 2.20. The van der Waals surface area contributed by atoms with Crippen molar-refractivity contribution in [1.82, 2.24) is 14.7 Å². The lowest BCUT2D eigenvalue weighted by molar-refractivity contribution is 0.0785. The number of benzene rings is 1. The highest BCUT2D eigenvalue weighted by atomic mass is 35.5. The van der Waals surface area contributed by atoms with Crippen molar-refractivity contribution in [3.05, 3.63) is 69.1 Å². The van der Waals surface area contributed by atoms with Gasteiger partial charge in [0.15, 0.2) is 0 Å². The number of halogens is 1. The summed E-state index contributed by atoms with van der Waals surface area (Å²) in [4.78, 5) is 15.7. The van der Waals surface area contributed by atoms with Crippen LogP contribution in [0.25, 0.3) is 5.69 Å². The summed E-state index contributed by atoms with van der Waals surface area (Å²) >= 11 is 7.72. The number of carbonyl (C=O) groups excluding carboxylic acids is 1. The molecular formula is C18H18ClN3OS. The van der Waals surface area contributed by atoms with Gasteiger partial charge in [-0.25, -0.2) is 4.68 Å². The van der Waals surface area contributed by atoms with Crippen LogP contribution in [0.5, 0.6) is 0 Å². The van der Waals surface area contributed by atoms with Crippen LogP contribution < -0.4 is 0 Å². The van der Waals surface area contributed by atoms with Crippen molar-refractivity contribution in [3.63, 3.8) is 0 Å². The molecule has 2 heterocycles. The van der Waals surface area contributed by atoms with E-state index in [1.54, 1.807) is 27.1 Å². The van der Waals surface area contributed by atoms with Crippen molar-refractivity contribution >= 4 is 28.8 Å². The average molecular weight is 360 g/mol. The summed E-state index contributed by atoms with van der Waals surface area (Å²) in [6, 6.07) is 11.5. The Morgan fingerprint density at radius 3 is 2.83 bits per heavy atom. The molecular weight excluding hydrogens is 342 g/mol. The molecule has 0 bridgehead atoms. The summed E-state index contributed by atoms with van der Waals surface area (Å²) in [7, 11) is 1.82. The smallest absolute Gasteiger partial charge is 0.257 e. The normalized spacial score (nSPS) is 10.8. The van der Waals surface area contributed by atoms with E-state index in [-0.39, 0.29) is 5.91 Å². The van der Waals surface area contributed by atoms with Crippen molar-refractivity contribution in [2.45, 2.75) is 19.9 Å². The number of nitrogens with zero attached hydrogens (tertiary/aromatic N) is 3. The first-order valence-corrected chi connectivity index (χ1v) is 8.96. The van der Waals surface area contributed by atoms with E-state index in [4.69, 9.17) is 11.6 Å². The van der Waals surface area contributed by atoms with Gasteiger partial charge in [-0.1, -0.05) is 30.7 Å². The Kier molecular flexibility index (Phi) is 5.02. The fraction of sp³-hybridized carbons (Fsp3) is 0.222. The molecule has 0 atom stereocenters. The number of thiophene rings is 1. The topological polar surface area (TPSA) is 38.1 Å². The highest BCUT2D eigenvalue weighted by Crippen LogP contribution is 2.21. The van der Waals surface area contributed by atoms with E-state index in [0.29, 0.717) is 23.6 Å². The Labute approximate surface area is 150 Å². The maximum atomic E-state index is 12.8. The number of hydrogen-bond acceptors (Lipinski definition) is 3. The first-order valence-electron chi connectivity index (χ1n) is 7.70. The van der Waals surface area contributed by atoms with Gasteiger partial charge < -0.3 is 4.90 Å². The van der Waals surface area contributed by atoms with Crippen molar-refractivity contribution in [3.8, 4) is 5.69 Å². The van der Waals surface area contributed by atoms with Gasteiger partial charge in [-0.3, -0.25) is 4.79 Å². The second-order valence-electron chi connectivity index (χ2n) is 5.49. The van der Waals surface area contributed by atoms with E-state index in [1.165, 1.54) is 0 Å². The van der Waals surface area contributed by atoms with E-state index in [1.807, 2.05) is 55.7 Å². The molecule has 3 rings (SSSR count). The minimum atomic E-state index is -0.0199. The third-order valence-corrected chi connectivity index (χ3v) is 4.90. The van der Waals surface area contributed by atoms with Crippen LogP contribution in [0.15, 0.2) is 48.0 Å². The molecule has 4 nitrogen and oxygen atoms in total. The molecule has 124 valence electrons. The predicted molar refractivity (Wildman–Crippen MR) is 98.1 cm³/mol. The van der Waals surface area contributed by atoms with Crippen LogP contribution in [0.3, 0.4) is 0 Å². The molecule has 0 spiro atoms. The fourth-order valence-electron chi connectivity index (χ4n) is 2.64. The Bertz CT molecular complexity index is 842. The monoisotopic (exact) mass is 359 g/mol. The van der Waals surface area contributed by atoms with Crippen LogP contribution >= 0.6 is 22.9 Å². The summed E-state index contributed by atoms with van der Waals surface area (Å²) in [6.45, 7) is 2.62. The molecule has 0 aliphatic carbocycles. The standard InChI is InChI=1S/C18H18ClN3OS/c1-3-17-16(18(23)21(2)12-15-8-5-9-24-15)11-20-22(17)14-7-4-6-13(19)10-14/h4-11H,3,12H2,1-2H3. The van der Waals surface area contributed by atoms with Gasteiger partial charge in [0, 0.05) is 16.9 Å². The lowest BCUT2D eigenvalue weighted by atomic mass is 10.1. The molecule has 0 saturated carbocycles. The number of amides is 1. The molecule has 1 amide bonds. The Hall–Kier alpha value is -2.11. The molecule has 0 saturated heterocycles. The van der Waals surface area contributed by atoms with Gasteiger partial charge in [-0.2, -0.15) is 5.10 Å². The molecule has 0 N–H and O–H groups in total. The van der Waals surface area contributed by atoms with Crippen LogP contribution in [-0.2, 0) is 13.0 Å². The van der Waals surface area contributed by atoms with Gasteiger partial charge in [0.2, 0.25) is 0 Å². The van der Waals surface area contributed by atoms with E-state index in [0.717, 1.165) is 16.3 Å². The quantitative estimate of drug-likeness (QED) is 0.676. The summed E-state index contributed by atoms with van der Waals surface area (Å²) in [6.07, 6.45) is 2.35. The first kappa shape index (κ1) is 16.7. The van der Waals surface area contributed by atoms with Gasteiger partial charge in [0.25, 0.3) is 5.91 Å². The number of rotatable bonds is 5. The Morgan fingerprint density at radius 2 is 2.17 bits per heavy atom. The van der Waals surface area contributed by atoms with Gasteiger partial charge >= 0.3 is 0 Å². The third kappa shape index (κ3) is 3.37. The van der Waals surface area contributed by atoms with Gasteiger partial charge in [0.05, 0.1) is 29.7 Å². The second-order valence-corrected chi connectivity index (χ2v) is 6.96. The molecule has 0 aliphatic heterocycles. The Balaban J connectivity index is 1.90. The molecule has 1 aromatic carbocycles. The maximum absolute atomic E-state index is 12.8. The van der Waals surface area contributed by atoms with E-state index < -0.39 is 0 Å². The minimum absolute atomic E-state index is 0.0199. The van der Waals surface area contributed by atoms with Crippen LogP contribution in [0.4, 0.5) is 0 Å². The first-order chi connectivity index (χ1) is 11.6. The zero-order valence-electron chi connectivity index (χ0n) is 13.6. The van der Waals surface area contributed by atoms with Gasteiger partial charge in [-0.15, -0.1) is 11.3 Å². The summed E-state index contributed by atoms with van der Waals surface area (Å²) < 4.78 is 1.79. The average Bonchev–Trinajstić information content (AvgIpc) is 3.22.